The first-order valence-electron chi connectivity index (χ1n) is 14.5. The summed E-state index contributed by atoms with van der Waals surface area (Å²) in [6.45, 7) is 7.07. The van der Waals surface area contributed by atoms with Gasteiger partial charge in [-0.05, 0) is 52.6 Å². The summed E-state index contributed by atoms with van der Waals surface area (Å²) in [5.74, 6) is 5.99. The summed E-state index contributed by atoms with van der Waals surface area (Å²) in [5.41, 5.74) is 14.0. The second-order valence-corrected chi connectivity index (χ2v) is 12.9. The van der Waals surface area contributed by atoms with Crippen molar-refractivity contribution in [2.24, 2.45) is 0 Å². The number of nitriles is 1. The van der Waals surface area contributed by atoms with Gasteiger partial charge in [0.2, 0.25) is 5.95 Å². The van der Waals surface area contributed by atoms with E-state index in [4.69, 9.17) is 21.4 Å². The number of nitrogens with zero attached hydrogens (tertiary/aromatic N) is 8. The Bertz CT molecular complexity index is 2140. The number of hydrogen-bond acceptors (Lipinski definition) is 11. The van der Waals surface area contributed by atoms with Crippen molar-refractivity contribution in [3.8, 4) is 29.0 Å². The number of nitrogens with two attached hydrogens (primary N) is 2. The van der Waals surface area contributed by atoms with Gasteiger partial charge in [0.05, 0.1) is 32.9 Å². The second kappa shape index (κ2) is 11.4. The highest BCUT2D eigenvalue weighted by molar-refractivity contribution is 7.23. The predicted octanol–water partition coefficient (Wildman–Crippen LogP) is 5.32. The molecule has 0 unspecified atom stereocenters. The van der Waals surface area contributed by atoms with E-state index in [0.717, 1.165) is 11.3 Å². The second-order valence-electron chi connectivity index (χ2n) is 11.8. The van der Waals surface area contributed by atoms with Gasteiger partial charge >= 0.3 is 0 Å². The Morgan fingerprint density at radius 3 is 2.43 bits per heavy atom. The maximum atomic E-state index is 16.6. The topological polar surface area (TPSA) is 137 Å². The zero-order valence-corrected chi connectivity index (χ0v) is 27.1. The number of nitrogen functional groups attached to an aromatic ring is 2. The van der Waals surface area contributed by atoms with Gasteiger partial charge in [0, 0.05) is 48.9 Å². The molecule has 1 aliphatic heterocycles. The first-order chi connectivity index (χ1) is 21.9. The standard InChI is InChI=1S/C33H32F2N10S/c1-7-8-19-24(18-9-10-22(34)28-25(18)21(14-36)30(38)46-28)23(35)13-20-27(19)41-32(45-15-33(3,16-45)43(4)5)42-31(20)44(6)17(2)26-29(37)40-12-11-39-26/h9-13,17H,15-16,38H2,1-6H3,(H2,37,40)/t17-/m1/s1. The first kappa shape index (κ1) is 30.9. The maximum absolute atomic E-state index is 16.6. The fraction of sp³-hybridized carbons (Fsp3) is 0.303. The van der Waals surface area contributed by atoms with E-state index in [1.54, 1.807) is 13.1 Å². The van der Waals surface area contributed by atoms with Crippen molar-refractivity contribution < 1.29 is 8.78 Å². The zero-order valence-electron chi connectivity index (χ0n) is 26.3. The number of benzene rings is 2. The van der Waals surface area contributed by atoms with E-state index in [-0.39, 0.29) is 37.6 Å². The van der Waals surface area contributed by atoms with Crippen molar-refractivity contribution in [2.75, 3.05) is 55.5 Å². The molecule has 1 atom stereocenters. The molecule has 4 N–H and O–H groups in total. The van der Waals surface area contributed by atoms with Crippen LogP contribution in [0.25, 0.3) is 32.1 Å². The van der Waals surface area contributed by atoms with Gasteiger partial charge in [-0.2, -0.15) is 10.2 Å². The summed E-state index contributed by atoms with van der Waals surface area (Å²) >= 11 is 0.953. The lowest BCUT2D eigenvalue weighted by Crippen LogP contribution is -2.67. The largest absolute Gasteiger partial charge is 0.389 e. The van der Waals surface area contributed by atoms with Crippen LogP contribution in [-0.4, -0.2) is 64.6 Å². The molecule has 5 aromatic rings. The molecule has 0 amide bonds. The maximum Gasteiger partial charge on any atom is 0.228 e. The van der Waals surface area contributed by atoms with Gasteiger partial charge in [-0.1, -0.05) is 12.0 Å². The molecule has 13 heteroatoms. The Morgan fingerprint density at radius 1 is 1.07 bits per heavy atom. The lowest BCUT2D eigenvalue weighted by atomic mass is 9.91. The smallest absolute Gasteiger partial charge is 0.228 e. The summed E-state index contributed by atoms with van der Waals surface area (Å²) in [4.78, 5) is 24.7. The normalized spacial score (nSPS) is 14.6. The van der Waals surface area contributed by atoms with Crippen LogP contribution in [0.4, 0.5) is 31.4 Å². The van der Waals surface area contributed by atoms with Gasteiger partial charge in [0.1, 0.15) is 40.0 Å². The number of fused-ring (bicyclic) bond motifs is 2. The van der Waals surface area contributed by atoms with E-state index in [2.05, 4.69) is 44.6 Å². The van der Waals surface area contributed by atoms with Gasteiger partial charge in [0.25, 0.3) is 0 Å². The molecule has 1 aliphatic rings. The Kier molecular flexibility index (Phi) is 7.63. The SMILES string of the molecule is CC#Cc1c(-c2ccc(F)c3sc(N)c(C#N)c23)c(F)cc2c(N(C)[C@H](C)c3nccnc3N)nc(N3CC(C)(N(C)C)C3)nc12. The molecule has 10 nitrogen and oxygen atoms in total. The predicted molar refractivity (Wildman–Crippen MR) is 180 cm³/mol. The van der Waals surface area contributed by atoms with Crippen molar-refractivity contribution in [1.29, 1.82) is 5.26 Å². The van der Waals surface area contributed by atoms with E-state index in [1.807, 2.05) is 33.0 Å². The van der Waals surface area contributed by atoms with Crippen LogP contribution in [0.15, 0.2) is 30.6 Å². The minimum absolute atomic E-state index is 0.0853. The minimum Gasteiger partial charge on any atom is -0.389 e. The third-order valence-corrected chi connectivity index (χ3v) is 9.88. The Labute approximate surface area is 269 Å². The molecular formula is C33H32F2N10S. The quantitative estimate of drug-likeness (QED) is 0.235. The number of halogens is 2. The Balaban J connectivity index is 1.66. The van der Waals surface area contributed by atoms with E-state index < -0.39 is 17.7 Å². The van der Waals surface area contributed by atoms with Gasteiger partial charge < -0.3 is 26.2 Å². The van der Waals surface area contributed by atoms with Gasteiger partial charge in [-0.3, -0.25) is 4.98 Å². The summed E-state index contributed by atoms with van der Waals surface area (Å²) in [6, 6.07) is 5.76. The van der Waals surface area contributed by atoms with Crippen molar-refractivity contribution in [3.05, 3.63) is 59.0 Å². The minimum atomic E-state index is -0.631. The van der Waals surface area contributed by atoms with E-state index in [1.165, 1.54) is 24.4 Å². The molecule has 3 aromatic heterocycles. The molecule has 2 aromatic carbocycles. The number of hydrogen-bond donors (Lipinski definition) is 2. The molecule has 4 heterocycles. The van der Waals surface area contributed by atoms with E-state index >= 15 is 4.39 Å². The van der Waals surface area contributed by atoms with Crippen LogP contribution in [0.2, 0.25) is 0 Å². The fourth-order valence-corrected chi connectivity index (χ4v) is 6.83. The average molecular weight is 639 g/mol. The van der Waals surface area contributed by atoms with E-state index in [9.17, 15) is 9.65 Å². The molecule has 0 aliphatic carbocycles. The number of likely N-dealkylation sites (N-methyl/N-ethyl adjacent to an activating group) is 1. The molecule has 1 saturated heterocycles. The molecule has 46 heavy (non-hydrogen) atoms. The van der Waals surface area contributed by atoms with Crippen LogP contribution >= 0.6 is 11.3 Å². The average Bonchev–Trinajstić information content (AvgIpc) is 3.36. The monoisotopic (exact) mass is 638 g/mol. The first-order valence-corrected chi connectivity index (χ1v) is 15.3. The summed E-state index contributed by atoms with van der Waals surface area (Å²) in [5, 5.41) is 10.7. The molecule has 0 bridgehead atoms. The lowest BCUT2D eigenvalue weighted by molar-refractivity contribution is 0.132. The molecule has 6 rings (SSSR count). The summed E-state index contributed by atoms with van der Waals surface area (Å²) in [6.07, 6.45) is 3.09. The third-order valence-electron chi connectivity index (χ3n) is 8.85. The number of thiophene rings is 1. The highest BCUT2D eigenvalue weighted by Crippen LogP contribution is 2.45. The van der Waals surface area contributed by atoms with Crippen molar-refractivity contribution in [1.82, 2.24) is 24.8 Å². The number of anilines is 4. The van der Waals surface area contributed by atoms with Crippen LogP contribution in [0.5, 0.6) is 0 Å². The summed E-state index contributed by atoms with van der Waals surface area (Å²) in [7, 11) is 5.90. The molecule has 1 fully saturated rings. The highest BCUT2D eigenvalue weighted by Gasteiger charge is 2.42. The zero-order chi connectivity index (χ0) is 33.1. The molecule has 0 spiro atoms. The van der Waals surface area contributed by atoms with Gasteiger partial charge in [0.15, 0.2) is 0 Å². The van der Waals surface area contributed by atoms with Crippen molar-refractivity contribution in [2.45, 2.75) is 32.4 Å². The van der Waals surface area contributed by atoms with Crippen molar-refractivity contribution in [3.63, 3.8) is 0 Å². The number of aromatic nitrogens is 4. The fourth-order valence-electron chi connectivity index (χ4n) is 5.88. The van der Waals surface area contributed by atoms with Gasteiger partial charge in [-0.15, -0.1) is 17.3 Å². The summed E-state index contributed by atoms with van der Waals surface area (Å²) < 4.78 is 31.8. The van der Waals surface area contributed by atoms with E-state index in [0.29, 0.717) is 52.6 Å². The Morgan fingerprint density at radius 2 is 1.78 bits per heavy atom. The Hall–Kier alpha value is -5.11. The molecule has 0 radical (unpaired) electrons. The van der Waals surface area contributed by atoms with Crippen LogP contribution in [0.1, 0.15) is 43.6 Å². The van der Waals surface area contributed by atoms with Crippen molar-refractivity contribution >= 4 is 54.9 Å². The van der Waals surface area contributed by atoms with Crippen LogP contribution in [0.3, 0.4) is 0 Å². The van der Waals surface area contributed by atoms with Crippen LogP contribution < -0.4 is 21.3 Å². The third kappa shape index (κ3) is 4.80. The van der Waals surface area contributed by atoms with Crippen LogP contribution in [0, 0.1) is 34.8 Å². The lowest BCUT2D eigenvalue weighted by Gasteiger charge is -2.52. The van der Waals surface area contributed by atoms with Gasteiger partial charge in [-0.25, -0.2) is 18.7 Å². The highest BCUT2D eigenvalue weighted by atomic mass is 32.1. The molecule has 234 valence electrons. The molecular weight excluding hydrogens is 606 g/mol. The molecule has 0 saturated carbocycles. The van der Waals surface area contributed by atoms with Crippen LogP contribution in [-0.2, 0) is 0 Å². The number of rotatable bonds is 6.